The quantitative estimate of drug-likeness (QED) is 0.544. The van der Waals surface area contributed by atoms with E-state index in [0.717, 1.165) is 19.3 Å². The van der Waals surface area contributed by atoms with E-state index < -0.39 is 0 Å². The minimum atomic E-state index is -0.323. The molecule has 1 rings (SSSR count). The first-order chi connectivity index (χ1) is 7.15. The molecule has 0 spiro atoms. The first-order valence-electron chi connectivity index (χ1n) is 4.94. The minimum Gasteiger partial charge on any atom is -0.492 e. The molecule has 15 heavy (non-hydrogen) atoms. The Balaban J connectivity index is 2.60. The molecule has 0 bridgehead atoms. The van der Waals surface area contributed by atoms with Crippen LogP contribution in [0.1, 0.15) is 26.2 Å². The van der Waals surface area contributed by atoms with Crippen molar-refractivity contribution >= 4 is 11.6 Å². The summed E-state index contributed by atoms with van der Waals surface area (Å²) in [6.45, 7) is 2.75. The van der Waals surface area contributed by atoms with Crippen LogP contribution >= 0.6 is 0 Å². The second-order valence-corrected chi connectivity index (χ2v) is 3.24. The predicted molar refractivity (Wildman–Crippen MR) is 57.8 cm³/mol. The summed E-state index contributed by atoms with van der Waals surface area (Å²) in [5.41, 5.74) is 5.37. The monoisotopic (exact) mass is 212 g/mol. The molecule has 0 saturated carbocycles. The number of aromatic nitrogens is 2. The van der Waals surface area contributed by atoms with E-state index >= 15 is 0 Å². The Hall–Kier alpha value is -1.72. The molecular weight excluding hydrogens is 196 g/mol. The van der Waals surface area contributed by atoms with Crippen molar-refractivity contribution in [3.63, 3.8) is 0 Å². The fourth-order valence-electron chi connectivity index (χ4n) is 1.20. The van der Waals surface area contributed by atoms with Gasteiger partial charge in [0.05, 0.1) is 0 Å². The number of rotatable bonds is 5. The molecule has 0 aliphatic heterocycles. The van der Waals surface area contributed by atoms with Crippen LogP contribution in [0, 0.1) is 0 Å². The van der Waals surface area contributed by atoms with Crippen LogP contribution < -0.4 is 11.1 Å². The molecule has 1 aromatic rings. The van der Waals surface area contributed by atoms with Crippen LogP contribution in [-0.2, 0) is 0 Å². The molecule has 0 unspecified atom stereocenters. The van der Waals surface area contributed by atoms with Gasteiger partial charge in [-0.3, -0.25) is 0 Å². The summed E-state index contributed by atoms with van der Waals surface area (Å²) in [6.07, 6.45) is 3.15. The van der Waals surface area contributed by atoms with E-state index in [4.69, 9.17) is 5.73 Å². The van der Waals surface area contributed by atoms with Crippen molar-refractivity contribution in [3.8, 4) is 11.8 Å². The van der Waals surface area contributed by atoms with Crippen molar-refractivity contribution in [2.24, 2.45) is 0 Å². The lowest BCUT2D eigenvalue weighted by Gasteiger charge is -2.08. The van der Waals surface area contributed by atoms with Crippen LogP contribution in [0.15, 0.2) is 0 Å². The Morgan fingerprint density at radius 2 is 1.80 bits per heavy atom. The second kappa shape index (κ2) is 5.23. The average Bonchev–Trinajstić information content (AvgIpc) is 2.15. The standard InChI is InChI=1S/C9H16N4O2/c1-2-3-4-5-11-6-7(14)12-9(10)13-8(6)15/h11H,2-5H2,1H3,(H4,10,12,13,14,15). The van der Waals surface area contributed by atoms with Gasteiger partial charge in [0.15, 0.2) is 5.69 Å². The molecule has 5 N–H and O–H groups in total. The van der Waals surface area contributed by atoms with Gasteiger partial charge in [-0.25, -0.2) is 0 Å². The number of anilines is 2. The van der Waals surface area contributed by atoms with Gasteiger partial charge >= 0.3 is 0 Å². The van der Waals surface area contributed by atoms with Crippen LogP contribution in [0.25, 0.3) is 0 Å². The van der Waals surface area contributed by atoms with E-state index in [-0.39, 0.29) is 23.4 Å². The van der Waals surface area contributed by atoms with E-state index in [2.05, 4.69) is 22.2 Å². The van der Waals surface area contributed by atoms with E-state index in [9.17, 15) is 10.2 Å². The molecule has 0 aromatic carbocycles. The number of hydrogen-bond donors (Lipinski definition) is 4. The third-order valence-corrected chi connectivity index (χ3v) is 1.97. The zero-order valence-electron chi connectivity index (χ0n) is 8.69. The van der Waals surface area contributed by atoms with Gasteiger partial charge < -0.3 is 21.3 Å². The van der Waals surface area contributed by atoms with E-state index in [1.54, 1.807) is 0 Å². The van der Waals surface area contributed by atoms with E-state index in [0.29, 0.717) is 6.54 Å². The highest BCUT2D eigenvalue weighted by molar-refractivity contribution is 5.60. The summed E-state index contributed by atoms with van der Waals surface area (Å²) in [4.78, 5) is 7.07. The van der Waals surface area contributed by atoms with Crippen molar-refractivity contribution in [3.05, 3.63) is 0 Å². The van der Waals surface area contributed by atoms with Crippen LogP contribution in [0.3, 0.4) is 0 Å². The van der Waals surface area contributed by atoms with Gasteiger partial charge in [-0.05, 0) is 6.42 Å². The Labute approximate surface area is 88.2 Å². The van der Waals surface area contributed by atoms with Gasteiger partial charge in [-0.1, -0.05) is 19.8 Å². The molecule has 0 aliphatic rings. The maximum absolute atomic E-state index is 9.38. The molecule has 6 nitrogen and oxygen atoms in total. The average molecular weight is 212 g/mol. The minimum absolute atomic E-state index is 0.139. The SMILES string of the molecule is CCCCCNc1c(O)nc(N)nc1O. The predicted octanol–water partition coefficient (Wildman–Crippen LogP) is 1.07. The van der Waals surface area contributed by atoms with Gasteiger partial charge in [0.25, 0.3) is 0 Å². The van der Waals surface area contributed by atoms with Crippen LogP contribution in [0.4, 0.5) is 11.6 Å². The largest absolute Gasteiger partial charge is 0.492 e. The number of nitrogen functional groups attached to an aromatic ring is 1. The summed E-state index contributed by atoms with van der Waals surface area (Å²) in [5, 5.41) is 21.6. The maximum atomic E-state index is 9.38. The van der Waals surface area contributed by atoms with Crippen LogP contribution in [0.2, 0.25) is 0 Å². The summed E-state index contributed by atoms with van der Waals surface area (Å²) in [7, 11) is 0. The first-order valence-corrected chi connectivity index (χ1v) is 4.94. The second-order valence-electron chi connectivity index (χ2n) is 3.24. The molecule has 0 amide bonds. The van der Waals surface area contributed by atoms with E-state index in [1.165, 1.54) is 0 Å². The number of nitrogens with one attached hydrogen (secondary N) is 1. The number of nitrogens with zero attached hydrogens (tertiary/aromatic N) is 2. The molecule has 0 radical (unpaired) electrons. The maximum Gasteiger partial charge on any atom is 0.243 e. The molecule has 0 aliphatic carbocycles. The Morgan fingerprint density at radius 3 is 2.33 bits per heavy atom. The molecule has 1 aromatic heterocycles. The number of aromatic hydroxyl groups is 2. The fourth-order valence-corrected chi connectivity index (χ4v) is 1.20. The topological polar surface area (TPSA) is 104 Å². The summed E-state index contributed by atoms with van der Waals surface area (Å²) < 4.78 is 0. The van der Waals surface area contributed by atoms with Gasteiger partial charge in [-0.15, -0.1) is 0 Å². The molecule has 0 atom stereocenters. The van der Waals surface area contributed by atoms with Gasteiger partial charge in [0.1, 0.15) is 0 Å². The van der Waals surface area contributed by atoms with Gasteiger partial charge in [0.2, 0.25) is 17.7 Å². The lowest BCUT2D eigenvalue weighted by molar-refractivity contribution is 0.427. The highest BCUT2D eigenvalue weighted by Crippen LogP contribution is 2.29. The van der Waals surface area contributed by atoms with Crippen LogP contribution in [-0.4, -0.2) is 26.7 Å². The molecule has 0 saturated heterocycles. The lowest BCUT2D eigenvalue weighted by Crippen LogP contribution is -2.05. The molecular formula is C9H16N4O2. The molecule has 0 fully saturated rings. The van der Waals surface area contributed by atoms with Crippen molar-refractivity contribution in [1.29, 1.82) is 0 Å². The third-order valence-electron chi connectivity index (χ3n) is 1.97. The molecule has 6 heteroatoms. The van der Waals surface area contributed by atoms with Gasteiger partial charge in [0, 0.05) is 6.54 Å². The first kappa shape index (κ1) is 11.4. The number of hydrogen-bond acceptors (Lipinski definition) is 6. The normalized spacial score (nSPS) is 10.2. The number of nitrogens with two attached hydrogens (primary N) is 1. The van der Waals surface area contributed by atoms with Crippen LogP contribution in [0.5, 0.6) is 11.8 Å². The summed E-state index contributed by atoms with van der Waals surface area (Å²) in [6, 6.07) is 0. The van der Waals surface area contributed by atoms with Crippen molar-refractivity contribution in [2.75, 3.05) is 17.6 Å². The third kappa shape index (κ3) is 3.16. The van der Waals surface area contributed by atoms with Crippen molar-refractivity contribution in [1.82, 2.24) is 9.97 Å². The summed E-state index contributed by atoms with van der Waals surface area (Å²) in [5.74, 6) is -0.794. The smallest absolute Gasteiger partial charge is 0.243 e. The Bertz CT molecular complexity index is 307. The van der Waals surface area contributed by atoms with Crippen molar-refractivity contribution in [2.45, 2.75) is 26.2 Å². The Kier molecular flexibility index (Phi) is 3.96. The highest BCUT2D eigenvalue weighted by Gasteiger charge is 2.10. The zero-order chi connectivity index (χ0) is 11.3. The summed E-state index contributed by atoms with van der Waals surface area (Å²) >= 11 is 0. The highest BCUT2D eigenvalue weighted by atomic mass is 16.3. The fraction of sp³-hybridized carbons (Fsp3) is 0.556. The Morgan fingerprint density at radius 1 is 1.20 bits per heavy atom. The lowest BCUT2D eigenvalue weighted by atomic mass is 10.2. The van der Waals surface area contributed by atoms with Gasteiger partial charge in [-0.2, -0.15) is 9.97 Å². The molecule has 1 heterocycles. The number of unbranched alkanes of at least 4 members (excludes halogenated alkanes) is 2. The zero-order valence-corrected chi connectivity index (χ0v) is 8.69. The van der Waals surface area contributed by atoms with E-state index in [1.807, 2.05) is 0 Å². The van der Waals surface area contributed by atoms with Crippen molar-refractivity contribution < 1.29 is 10.2 Å². The molecule has 84 valence electrons.